The first-order valence-electron chi connectivity index (χ1n) is 6.34. The van der Waals surface area contributed by atoms with E-state index in [1.165, 1.54) is 0 Å². The Bertz CT molecular complexity index is 606. The van der Waals surface area contributed by atoms with Crippen LogP contribution in [0.1, 0.15) is 18.5 Å². The zero-order valence-electron chi connectivity index (χ0n) is 10.4. The van der Waals surface area contributed by atoms with Crippen molar-refractivity contribution in [2.45, 2.75) is 25.4 Å². The summed E-state index contributed by atoms with van der Waals surface area (Å²) in [6.45, 7) is 0.891. The van der Waals surface area contributed by atoms with Gasteiger partial charge in [-0.2, -0.15) is 0 Å². The number of hydrogen-bond donors (Lipinski definition) is 2. The summed E-state index contributed by atoms with van der Waals surface area (Å²) < 4.78 is 1.88. The second-order valence-corrected chi connectivity index (χ2v) is 5.23. The van der Waals surface area contributed by atoms with Gasteiger partial charge in [0, 0.05) is 25.0 Å². The number of rotatable bonds is 5. The maximum Gasteiger partial charge on any atom is 0.234 e. The molecule has 0 radical (unpaired) electrons. The van der Waals surface area contributed by atoms with E-state index >= 15 is 0 Å². The molecular weight excluding hydrogens is 264 g/mol. The van der Waals surface area contributed by atoms with Crippen molar-refractivity contribution in [2.75, 3.05) is 6.54 Å². The Balaban J connectivity index is 1.54. The molecule has 1 fully saturated rings. The Labute approximate surface area is 116 Å². The molecule has 100 valence electrons. The average Bonchev–Trinajstić information content (AvgIpc) is 3.07. The molecule has 0 spiro atoms. The smallest absolute Gasteiger partial charge is 0.234 e. The van der Waals surface area contributed by atoms with Crippen LogP contribution in [0.4, 0.5) is 0 Å². The van der Waals surface area contributed by atoms with E-state index in [0.29, 0.717) is 24.2 Å². The van der Waals surface area contributed by atoms with Crippen LogP contribution >= 0.6 is 11.6 Å². The minimum atomic E-state index is 0.0503. The summed E-state index contributed by atoms with van der Waals surface area (Å²) in [6, 6.07) is 4.09. The molecule has 2 aromatic heterocycles. The summed E-state index contributed by atoms with van der Waals surface area (Å²) >= 11 is 5.91. The standard InChI is InChI=1S/C13H15ClN4O/c14-9-1-4-12-16-11(8-18(12)7-9)5-15-6-13(19)17-10-2-3-10/h1,4,7-8,10,15H,2-3,5-6H2,(H,17,19). The average molecular weight is 279 g/mol. The number of nitrogens with one attached hydrogen (secondary N) is 2. The van der Waals surface area contributed by atoms with Gasteiger partial charge in [-0.25, -0.2) is 4.98 Å². The van der Waals surface area contributed by atoms with Crippen LogP contribution in [0.15, 0.2) is 24.5 Å². The third kappa shape index (κ3) is 3.24. The molecule has 5 nitrogen and oxygen atoms in total. The topological polar surface area (TPSA) is 58.4 Å². The van der Waals surface area contributed by atoms with Gasteiger partial charge in [-0.1, -0.05) is 11.6 Å². The van der Waals surface area contributed by atoms with E-state index in [9.17, 15) is 4.79 Å². The monoisotopic (exact) mass is 278 g/mol. The van der Waals surface area contributed by atoms with Gasteiger partial charge in [0.15, 0.2) is 0 Å². The second-order valence-electron chi connectivity index (χ2n) is 4.79. The molecular formula is C13H15ClN4O. The summed E-state index contributed by atoms with van der Waals surface area (Å²) in [5.74, 6) is 0.0503. The van der Waals surface area contributed by atoms with Crippen molar-refractivity contribution >= 4 is 23.2 Å². The molecule has 0 unspecified atom stereocenters. The van der Waals surface area contributed by atoms with E-state index in [2.05, 4.69) is 15.6 Å². The maximum atomic E-state index is 11.5. The first kappa shape index (κ1) is 12.4. The van der Waals surface area contributed by atoms with Crippen molar-refractivity contribution in [3.63, 3.8) is 0 Å². The van der Waals surface area contributed by atoms with Crippen molar-refractivity contribution in [1.82, 2.24) is 20.0 Å². The normalized spacial score (nSPS) is 14.8. The summed E-state index contributed by atoms with van der Waals surface area (Å²) in [6.07, 6.45) is 5.94. The molecule has 3 rings (SSSR count). The van der Waals surface area contributed by atoms with Crippen LogP contribution in [0.25, 0.3) is 5.65 Å². The molecule has 1 amide bonds. The molecule has 1 saturated carbocycles. The van der Waals surface area contributed by atoms with Crippen LogP contribution in [0.3, 0.4) is 0 Å². The van der Waals surface area contributed by atoms with Gasteiger partial charge in [0.25, 0.3) is 0 Å². The van der Waals surface area contributed by atoms with Crippen molar-refractivity contribution in [3.8, 4) is 0 Å². The number of nitrogens with zero attached hydrogens (tertiary/aromatic N) is 2. The SMILES string of the molecule is O=C(CNCc1cn2cc(Cl)ccc2n1)NC1CC1. The zero-order valence-corrected chi connectivity index (χ0v) is 11.2. The van der Waals surface area contributed by atoms with E-state index in [1.54, 1.807) is 0 Å². The first-order valence-corrected chi connectivity index (χ1v) is 6.72. The number of hydrogen-bond acceptors (Lipinski definition) is 3. The van der Waals surface area contributed by atoms with Gasteiger partial charge in [0.1, 0.15) is 5.65 Å². The molecule has 2 heterocycles. The Morgan fingerprint density at radius 1 is 1.42 bits per heavy atom. The number of imidazole rings is 1. The van der Waals surface area contributed by atoms with Crippen LogP contribution in [0.5, 0.6) is 0 Å². The number of fused-ring (bicyclic) bond motifs is 1. The molecule has 2 N–H and O–H groups in total. The summed E-state index contributed by atoms with van der Waals surface area (Å²) in [7, 11) is 0. The number of carbonyl (C=O) groups excluding carboxylic acids is 1. The molecule has 0 aromatic carbocycles. The summed E-state index contributed by atoms with van der Waals surface area (Å²) in [5.41, 5.74) is 1.74. The largest absolute Gasteiger partial charge is 0.352 e. The van der Waals surface area contributed by atoms with Crippen LogP contribution in [-0.2, 0) is 11.3 Å². The van der Waals surface area contributed by atoms with Gasteiger partial charge in [-0.05, 0) is 25.0 Å². The van der Waals surface area contributed by atoms with Gasteiger partial charge in [-0.3, -0.25) is 4.79 Å². The highest BCUT2D eigenvalue weighted by Gasteiger charge is 2.22. The van der Waals surface area contributed by atoms with Crippen molar-refractivity contribution in [1.29, 1.82) is 0 Å². The van der Waals surface area contributed by atoms with Gasteiger partial charge in [-0.15, -0.1) is 0 Å². The van der Waals surface area contributed by atoms with Gasteiger partial charge in [0.05, 0.1) is 17.3 Å². The predicted octanol–water partition coefficient (Wildman–Crippen LogP) is 1.36. The predicted molar refractivity (Wildman–Crippen MR) is 73.1 cm³/mol. The van der Waals surface area contributed by atoms with Crippen molar-refractivity contribution < 1.29 is 4.79 Å². The van der Waals surface area contributed by atoms with Gasteiger partial charge >= 0.3 is 0 Å². The molecule has 1 aliphatic carbocycles. The van der Waals surface area contributed by atoms with Crippen LogP contribution in [-0.4, -0.2) is 27.9 Å². The highest BCUT2D eigenvalue weighted by molar-refractivity contribution is 6.30. The fourth-order valence-electron chi connectivity index (χ4n) is 1.91. The van der Waals surface area contributed by atoms with E-state index in [0.717, 1.165) is 24.2 Å². The lowest BCUT2D eigenvalue weighted by atomic mass is 10.4. The Morgan fingerprint density at radius 3 is 3.05 bits per heavy atom. The van der Waals surface area contributed by atoms with Crippen molar-refractivity contribution in [3.05, 3.63) is 35.2 Å². The van der Waals surface area contributed by atoms with E-state index in [4.69, 9.17) is 11.6 Å². The molecule has 2 aromatic rings. The Hall–Kier alpha value is -1.59. The third-order valence-electron chi connectivity index (χ3n) is 3.00. The molecule has 0 atom stereocenters. The van der Waals surface area contributed by atoms with Crippen LogP contribution in [0, 0.1) is 0 Å². The number of aromatic nitrogens is 2. The number of amides is 1. The fourth-order valence-corrected chi connectivity index (χ4v) is 2.08. The zero-order chi connectivity index (χ0) is 13.2. The van der Waals surface area contributed by atoms with Crippen LogP contribution < -0.4 is 10.6 Å². The van der Waals surface area contributed by atoms with E-state index in [1.807, 2.05) is 28.9 Å². The third-order valence-corrected chi connectivity index (χ3v) is 3.22. The van der Waals surface area contributed by atoms with E-state index in [-0.39, 0.29) is 5.91 Å². The molecule has 19 heavy (non-hydrogen) atoms. The lowest BCUT2D eigenvalue weighted by Crippen LogP contribution is -2.34. The number of pyridine rings is 1. The van der Waals surface area contributed by atoms with Gasteiger partial charge < -0.3 is 15.0 Å². The summed E-state index contributed by atoms with van der Waals surface area (Å²) in [5, 5.41) is 6.69. The maximum absolute atomic E-state index is 11.5. The van der Waals surface area contributed by atoms with Crippen molar-refractivity contribution in [2.24, 2.45) is 0 Å². The minimum absolute atomic E-state index is 0.0503. The molecule has 0 saturated heterocycles. The van der Waals surface area contributed by atoms with Crippen LogP contribution in [0.2, 0.25) is 5.02 Å². The summed E-state index contributed by atoms with van der Waals surface area (Å²) in [4.78, 5) is 15.9. The number of halogens is 1. The molecule has 0 bridgehead atoms. The Morgan fingerprint density at radius 2 is 2.26 bits per heavy atom. The first-order chi connectivity index (χ1) is 9.20. The lowest BCUT2D eigenvalue weighted by molar-refractivity contribution is -0.120. The lowest BCUT2D eigenvalue weighted by Gasteiger charge is -2.03. The number of carbonyl (C=O) groups is 1. The second kappa shape index (κ2) is 5.19. The molecule has 1 aliphatic rings. The minimum Gasteiger partial charge on any atom is -0.352 e. The highest BCUT2D eigenvalue weighted by atomic mass is 35.5. The Kier molecular flexibility index (Phi) is 3.40. The van der Waals surface area contributed by atoms with E-state index < -0.39 is 0 Å². The highest BCUT2D eigenvalue weighted by Crippen LogP contribution is 2.18. The molecule has 0 aliphatic heterocycles. The fraction of sp³-hybridized carbons (Fsp3) is 0.385. The quantitative estimate of drug-likeness (QED) is 0.868. The van der Waals surface area contributed by atoms with Gasteiger partial charge in [0.2, 0.25) is 5.91 Å². The molecule has 6 heteroatoms.